The maximum absolute atomic E-state index is 12.3. The van der Waals surface area contributed by atoms with Crippen molar-refractivity contribution in [3.05, 3.63) is 24.3 Å². The van der Waals surface area contributed by atoms with Crippen LogP contribution in [0.3, 0.4) is 0 Å². The molecule has 0 atom stereocenters. The molecule has 1 aromatic carbocycles. The third-order valence-corrected chi connectivity index (χ3v) is 4.24. The zero-order valence-corrected chi connectivity index (χ0v) is 11.5. The van der Waals surface area contributed by atoms with Crippen molar-refractivity contribution >= 4 is 21.4 Å². The van der Waals surface area contributed by atoms with Crippen molar-refractivity contribution in [3.63, 3.8) is 0 Å². The van der Waals surface area contributed by atoms with Gasteiger partial charge < -0.3 is 4.90 Å². The molecule has 2 rings (SSSR count). The molecule has 0 aliphatic carbocycles. The third kappa shape index (κ3) is 3.36. The summed E-state index contributed by atoms with van der Waals surface area (Å²) in [5, 5.41) is 0. The predicted octanol–water partition coefficient (Wildman–Crippen LogP) is 2.94. The average Bonchev–Trinajstić information content (AvgIpc) is 2.38. The summed E-state index contributed by atoms with van der Waals surface area (Å²) >= 11 is 0. The van der Waals surface area contributed by atoms with E-state index in [9.17, 15) is 21.6 Å². The Labute approximate surface area is 115 Å². The molecule has 8 heteroatoms. The molecule has 1 fully saturated rings. The standard InChI is InChI=1S/C12H15F3N2O2S/c13-12(14,15)20(18,19)16-10-5-4-6-11(9-10)17-7-2-1-3-8-17/h4-6,9,16H,1-3,7-8H2. The fourth-order valence-electron chi connectivity index (χ4n) is 2.13. The van der Waals surface area contributed by atoms with E-state index in [4.69, 9.17) is 0 Å². The van der Waals surface area contributed by atoms with Crippen molar-refractivity contribution in [3.8, 4) is 0 Å². The Kier molecular flexibility index (Phi) is 4.12. The van der Waals surface area contributed by atoms with E-state index in [-0.39, 0.29) is 5.69 Å². The Morgan fingerprint density at radius 3 is 2.35 bits per heavy atom. The second kappa shape index (κ2) is 5.51. The number of nitrogens with zero attached hydrogens (tertiary/aromatic N) is 1. The lowest BCUT2D eigenvalue weighted by Crippen LogP contribution is -2.31. The van der Waals surface area contributed by atoms with E-state index in [0.717, 1.165) is 38.0 Å². The molecule has 1 aliphatic rings. The topological polar surface area (TPSA) is 49.4 Å². The molecule has 0 unspecified atom stereocenters. The lowest BCUT2D eigenvalue weighted by atomic mass is 10.1. The molecule has 1 aromatic rings. The Bertz CT molecular complexity index is 566. The van der Waals surface area contributed by atoms with E-state index in [1.54, 1.807) is 10.8 Å². The second-order valence-corrected chi connectivity index (χ2v) is 6.32. The van der Waals surface area contributed by atoms with Crippen LogP contribution >= 0.6 is 0 Å². The summed E-state index contributed by atoms with van der Waals surface area (Å²) in [6.45, 7) is 1.66. The SMILES string of the molecule is O=S(=O)(Nc1cccc(N2CCCCC2)c1)C(F)(F)F. The molecule has 0 aromatic heterocycles. The summed E-state index contributed by atoms with van der Waals surface area (Å²) in [6, 6.07) is 6.03. The van der Waals surface area contributed by atoms with Crippen molar-refractivity contribution in [2.75, 3.05) is 22.7 Å². The molecule has 1 saturated heterocycles. The van der Waals surface area contributed by atoms with Crippen LogP contribution in [0.2, 0.25) is 0 Å². The zero-order valence-electron chi connectivity index (χ0n) is 10.7. The molecule has 0 spiro atoms. The minimum atomic E-state index is -5.37. The van der Waals surface area contributed by atoms with Crippen LogP contribution < -0.4 is 9.62 Å². The number of benzene rings is 1. The van der Waals surface area contributed by atoms with Crippen LogP contribution in [0, 0.1) is 0 Å². The lowest BCUT2D eigenvalue weighted by Gasteiger charge is -2.29. The highest BCUT2D eigenvalue weighted by molar-refractivity contribution is 7.93. The molecule has 0 bridgehead atoms. The summed E-state index contributed by atoms with van der Waals surface area (Å²) in [4.78, 5) is 2.04. The van der Waals surface area contributed by atoms with Gasteiger partial charge in [0.1, 0.15) is 0 Å². The van der Waals surface area contributed by atoms with Crippen LogP contribution in [-0.2, 0) is 10.0 Å². The highest BCUT2D eigenvalue weighted by Crippen LogP contribution is 2.28. The minimum Gasteiger partial charge on any atom is -0.371 e. The normalized spacial score (nSPS) is 17.1. The number of piperidine rings is 1. The number of nitrogens with one attached hydrogen (secondary N) is 1. The number of hydrogen-bond acceptors (Lipinski definition) is 3. The molecule has 20 heavy (non-hydrogen) atoms. The molecule has 112 valence electrons. The van der Waals surface area contributed by atoms with Crippen LogP contribution in [-0.4, -0.2) is 27.0 Å². The van der Waals surface area contributed by atoms with E-state index < -0.39 is 15.5 Å². The Morgan fingerprint density at radius 1 is 1.10 bits per heavy atom. The van der Waals surface area contributed by atoms with Gasteiger partial charge in [0.05, 0.1) is 5.69 Å². The van der Waals surface area contributed by atoms with Gasteiger partial charge in [0, 0.05) is 18.8 Å². The molecule has 0 amide bonds. The first-order valence-corrected chi connectivity index (χ1v) is 7.72. The highest BCUT2D eigenvalue weighted by Gasteiger charge is 2.46. The van der Waals surface area contributed by atoms with Gasteiger partial charge in [-0.3, -0.25) is 4.72 Å². The summed E-state index contributed by atoms with van der Waals surface area (Å²) in [5.74, 6) is 0. The number of halogens is 3. The Balaban J connectivity index is 2.18. The van der Waals surface area contributed by atoms with Crippen LogP contribution in [0.15, 0.2) is 24.3 Å². The Morgan fingerprint density at radius 2 is 1.75 bits per heavy atom. The van der Waals surface area contributed by atoms with E-state index in [1.165, 1.54) is 18.2 Å². The molecular weight excluding hydrogens is 293 g/mol. The van der Waals surface area contributed by atoms with Gasteiger partial charge in [-0.25, -0.2) is 0 Å². The van der Waals surface area contributed by atoms with Gasteiger partial charge in [0.2, 0.25) is 0 Å². The first-order valence-electron chi connectivity index (χ1n) is 6.24. The van der Waals surface area contributed by atoms with Gasteiger partial charge in [-0.15, -0.1) is 0 Å². The van der Waals surface area contributed by atoms with Gasteiger partial charge in [0.25, 0.3) is 0 Å². The fraction of sp³-hybridized carbons (Fsp3) is 0.500. The molecule has 1 heterocycles. The van der Waals surface area contributed by atoms with Gasteiger partial charge in [-0.05, 0) is 37.5 Å². The summed E-state index contributed by atoms with van der Waals surface area (Å²) in [7, 11) is -5.37. The number of anilines is 2. The average molecular weight is 308 g/mol. The predicted molar refractivity (Wildman–Crippen MR) is 71.1 cm³/mol. The van der Waals surface area contributed by atoms with Crippen molar-refractivity contribution < 1.29 is 21.6 Å². The van der Waals surface area contributed by atoms with Gasteiger partial charge in [0.15, 0.2) is 0 Å². The third-order valence-electron chi connectivity index (χ3n) is 3.12. The fourth-order valence-corrected chi connectivity index (χ4v) is 2.68. The van der Waals surface area contributed by atoms with Crippen LogP contribution in [0.1, 0.15) is 19.3 Å². The molecule has 1 N–H and O–H groups in total. The summed E-state index contributed by atoms with van der Waals surface area (Å²) < 4.78 is 60.6. The monoisotopic (exact) mass is 308 g/mol. The highest BCUT2D eigenvalue weighted by atomic mass is 32.2. The van der Waals surface area contributed by atoms with Gasteiger partial charge in [-0.1, -0.05) is 6.07 Å². The molecular formula is C12H15F3N2O2S. The quantitative estimate of drug-likeness (QED) is 0.934. The Hall–Kier alpha value is -1.44. The van der Waals surface area contributed by atoms with Crippen molar-refractivity contribution in [2.45, 2.75) is 24.8 Å². The molecule has 0 radical (unpaired) electrons. The number of hydrogen-bond donors (Lipinski definition) is 1. The lowest BCUT2D eigenvalue weighted by molar-refractivity contribution is -0.0429. The first-order chi connectivity index (χ1) is 9.29. The van der Waals surface area contributed by atoms with Gasteiger partial charge in [-0.2, -0.15) is 21.6 Å². The van der Waals surface area contributed by atoms with E-state index in [1.807, 2.05) is 4.90 Å². The van der Waals surface area contributed by atoms with E-state index in [0.29, 0.717) is 0 Å². The summed E-state index contributed by atoms with van der Waals surface area (Å²) in [6.07, 6.45) is 3.19. The van der Waals surface area contributed by atoms with E-state index in [2.05, 4.69) is 0 Å². The minimum absolute atomic E-state index is 0.0783. The van der Waals surface area contributed by atoms with Crippen LogP contribution in [0.25, 0.3) is 0 Å². The van der Waals surface area contributed by atoms with Crippen molar-refractivity contribution in [2.24, 2.45) is 0 Å². The molecule has 1 aliphatic heterocycles. The maximum Gasteiger partial charge on any atom is 0.516 e. The molecule has 0 saturated carbocycles. The largest absolute Gasteiger partial charge is 0.516 e. The van der Waals surface area contributed by atoms with E-state index >= 15 is 0 Å². The van der Waals surface area contributed by atoms with Crippen LogP contribution in [0.4, 0.5) is 24.5 Å². The number of sulfonamides is 1. The second-order valence-electron chi connectivity index (χ2n) is 4.65. The summed E-state index contributed by atoms with van der Waals surface area (Å²) in [5.41, 5.74) is -4.66. The maximum atomic E-state index is 12.3. The van der Waals surface area contributed by atoms with Crippen molar-refractivity contribution in [1.82, 2.24) is 0 Å². The van der Waals surface area contributed by atoms with Crippen molar-refractivity contribution in [1.29, 1.82) is 0 Å². The number of rotatable bonds is 3. The molecule has 4 nitrogen and oxygen atoms in total. The first kappa shape index (κ1) is 15.0. The zero-order chi connectivity index (χ0) is 14.8. The van der Waals surface area contributed by atoms with Crippen LogP contribution in [0.5, 0.6) is 0 Å². The smallest absolute Gasteiger partial charge is 0.371 e. The number of alkyl halides is 3. The van der Waals surface area contributed by atoms with Gasteiger partial charge >= 0.3 is 15.5 Å².